The number of nitrogens with one attached hydrogen (secondary N) is 1. The first kappa shape index (κ1) is 14.5. The van der Waals surface area contributed by atoms with Crippen molar-refractivity contribution in [2.75, 3.05) is 5.32 Å². The van der Waals surface area contributed by atoms with Gasteiger partial charge in [-0.25, -0.2) is 0 Å². The van der Waals surface area contributed by atoms with E-state index in [-0.39, 0.29) is 5.91 Å². The lowest BCUT2D eigenvalue weighted by molar-refractivity contribution is -0.120. The normalized spacial score (nSPS) is 13.5. The molecule has 96 valence electrons. The maximum Gasteiger partial charge on any atom is 0.244 e. The minimum Gasteiger partial charge on any atom is -0.324 e. The Bertz CT molecular complexity index is 491. The second-order valence-corrected chi connectivity index (χ2v) is 4.84. The average Bonchev–Trinajstić information content (AvgIpc) is 2.31. The summed E-state index contributed by atoms with van der Waals surface area (Å²) < 4.78 is 0. The first-order valence-electron chi connectivity index (χ1n) is 5.70. The summed E-state index contributed by atoms with van der Waals surface area (Å²) >= 11 is 5.81. The van der Waals surface area contributed by atoms with Gasteiger partial charge in [0.1, 0.15) is 6.07 Å². The van der Waals surface area contributed by atoms with Gasteiger partial charge in [0.2, 0.25) is 5.91 Å². The standard InChI is InChI=1S/C13H16ClN3O/c1-3-6-13(2,16)12(18)17-10-4-5-11(14)9(7-10)8-15/h4-5,7H,3,6,16H2,1-2H3,(H,17,18). The molecule has 1 atom stereocenters. The Hall–Kier alpha value is -1.57. The van der Waals surface area contributed by atoms with Gasteiger partial charge in [-0.3, -0.25) is 4.79 Å². The number of anilines is 1. The molecule has 0 heterocycles. The molecule has 0 aliphatic carbocycles. The van der Waals surface area contributed by atoms with Crippen LogP contribution in [0, 0.1) is 11.3 Å². The quantitative estimate of drug-likeness (QED) is 0.878. The zero-order valence-corrected chi connectivity index (χ0v) is 11.2. The molecule has 1 aromatic rings. The Morgan fingerprint density at radius 1 is 1.61 bits per heavy atom. The molecular weight excluding hydrogens is 250 g/mol. The summed E-state index contributed by atoms with van der Waals surface area (Å²) in [5.41, 5.74) is 5.85. The predicted octanol–water partition coefficient (Wildman–Crippen LogP) is 2.67. The van der Waals surface area contributed by atoms with Crippen molar-refractivity contribution in [2.24, 2.45) is 5.73 Å². The number of benzene rings is 1. The number of halogens is 1. The monoisotopic (exact) mass is 265 g/mol. The fraction of sp³-hybridized carbons (Fsp3) is 0.385. The van der Waals surface area contributed by atoms with E-state index in [1.165, 1.54) is 6.07 Å². The molecule has 1 aromatic carbocycles. The highest BCUT2D eigenvalue weighted by atomic mass is 35.5. The van der Waals surface area contributed by atoms with E-state index in [1.807, 2.05) is 13.0 Å². The van der Waals surface area contributed by atoms with Gasteiger partial charge in [0.15, 0.2) is 0 Å². The second kappa shape index (κ2) is 5.85. The fourth-order valence-corrected chi connectivity index (χ4v) is 1.76. The van der Waals surface area contributed by atoms with Crippen molar-refractivity contribution >= 4 is 23.2 Å². The molecule has 0 spiro atoms. The molecule has 1 rings (SSSR count). The minimum absolute atomic E-state index is 0.268. The highest BCUT2D eigenvalue weighted by Gasteiger charge is 2.27. The van der Waals surface area contributed by atoms with Gasteiger partial charge in [-0.1, -0.05) is 24.9 Å². The predicted molar refractivity (Wildman–Crippen MR) is 72.3 cm³/mol. The average molecular weight is 266 g/mol. The van der Waals surface area contributed by atoms with Crippen molar-refractivity contribution in [3.63, 3.8) is 0 Å². The van der Waals surface area contributed by atoms with Gasteiger partial charge in [0.05, 0.1) is 16.1 Å². The molecule has 4 nitrogen and oxygen atoms in total. The SMILES string of the molecule is CCCC(C)(N)C(=O)Nc1ccc(Cl)c(C#N)c1. The van der Waals surface area contributed by atoms with E-state index < -0.39 is 5.54 Å². The highest BCUT2D eigenvalue weighted by molar-refractivity contribution is 6.31. The number of nitrogens with zero attached hydrogens (tertiary/aromatic N) is 1. The van der Waals surface area contributed by atoms with Crippen LogP contribution in [-0.4, -0.2) is 11.4 Å². The minimum atomic E-state index is -0.915. The molecule has 0 fully saturated rings. The van der Waals surface area contributed by atoms with Crippen molar-refractivity contribution < 1.29 is 4.79 Å². The van der Waals surface area contributed by atoms with E-state index in [0.717, 1.165) is 6.42 Å². The Morgan fingerprint density at radius 3 is 2.83 bits per heavy atom. The number of carbonyl (C=O) groups excluding carboxylic acids is 1. The molecule has 0 saturated heterocycles. The molecule has 0 bridgehead atoms. The Balaban J connectivity index is 2.86. The molecule has 3 N–H and O–H groups in total. The smallest absolute Gasteiger partial charge is 0.244 e. The molecule has 0 aliphatic heterocycles. The lowest BCUT2D eigenvalue weighted by atomic mass is 9.96. The van der Waals surface area contributed by atoms with Crippen LogP contribution in [0.3, 0.4) is 0 Å². The zero-order valence-electron chi connectivity index (χ0n) is 10.5. The van der Waals surface area contributed by atoms with Crippen LogP contribution in [0.25, 0.3) is 0 Å². The highest BCUT2D eigenvalue weighted by Crippen LogP contribution is 2.21. The Morgan fingerprint density at radius 2 is 2.28 bits per heavy atom. The lowest BCUT2D eigenvalue weighted by Gasteiger charge is -2.22. The van der Waals surface area contributed by atoms with Gasteiger partial charge in [-0.15, -0.1) is 0 Å². The number of rotatable bonds is 4. The van der Waals surface area contributed by atoms with E-state index in [2.05, 4.69) is 5.32 Å². The number of amides is 1. The van der Waals surface area contributed by atoms with Crippen LogP contribution in [0.5, 0.6) is 0 Å². The molecule has 0 radical (unpaired) electrons. The largest absolute Gasteiger partial charge is 0.324 e. The molecule has 0 aliphatic rings. The van der Waals surface area contributed by atoms with Gasteiger partial charge >= 0.3 is 0 Å². The van der Waals surface area contributed by atoms with Crippen LogP contribution in [0.4, 0.5) is 5.69 Å². The van der Waals surface area contributed by atoms with E-state index in [0.29, 0.717) is 22.7 Å². The first-order chi connectivity index (χ1) is 8.40. The summed E-state index contributed by atoms with van der Waals surface area (Å²) in [7, 11) is 0. The van der Waals surface area contributed by atoms with E-state index in [9.17, 15) is 4.79 Å². The third-order valence-corrected chi connectivity index (χ3v) is 2.96. The lowest BCUT2D eigenvalue weighted by Crippen LogP contribution is -2.48. The van der Waals surface area contributed by atoms with Crippen LogP contribution in [-0.2, 0) is 4.79 Å². The molecule has 0 aromatic heterocycles. The van der Waals surface area contributed by atoms with Crippen molar-refractivity contribution in [1.29, 1.82) is 5.26 Å². The fourth-order valence-electron chi connectivity index (χ4n) is 1.60. The van der Waals surface area contributed by atoms with Crippen LogP contribution in [0.1, 0.15) is 32.3 Å². The van der Waals surface area contributed by atoms with Gasteiger partial charge in [0, 0.05) is 5.69 Å². The maximum absolute atomic E-state index is 12.0. The van der Waals surface area contributed by atoms with E-state index >= 15 is 0 Å². The number of nitrogens with two attached hydrogens (primary N) is 1. The van der Waals surface area contributed by atoms with Crippen molar-refractivity contribution in [1.82, 2.24) is 0 Å². The molecule has 5 heteroatoms. The molecule has 1 amide bonds. The van der Waals surface area contributed by atoms with Crippen molar-refractivity contribution in [3.8, 4) is 6.07 Å². The van der Waals surface area contributed by atoms with Crippen LogP contribution in [0.15, 0.2) is 18.2 Å². The summed E-state index contributed by atoms with van der Waals surface area (Å²) in [4.78, 5) is 12.0. The summed E-state index contributed by atoms with van der Waals surface area (Å²) in [5, 5.41) is 11.9. The Labute approximate surface area is 112 Å². The van der Waals surface area contributed by atoms with Gasteiger partial charge in [0.25, 0.3) is 0 Å². The third-order valence-electron chi connectivity index (χ3n) is 2.63. The van der Waals surface area contributed by atoms with Gasteiger partial charge in [-0.05, 0) is 31.5 Å². The first-order valence-corrected chi connectivity index (χ1v) is 6.08. The topological polar surface area (TPSA) is 78.9 Å². The molecule has 0 saturated carbocycles. The zero-order chi connectivity index (χ0) is 13.8. The summed E-state index contributed by atoms with van der Waals surface area (Å²) in [6.45, 7) is 3.65. The summed E-state index contributed by atoms with van der Waals surface area (Å²) in [5.74, 6) is -0.268. The second-order valence-electron chi connectivity index (χ2n) is 4.43. The summed E-state index contributed by atoms with van der Waals surface area (Å²) in [6.07, 6.45) is 1.42. The number of hydrogen-bond acceptors (Lipinski definition) is 3. The number of carbonyl (C=O) groups is 1. The van der Waals surface area contributed by atoms with Crippen LogP contribution < -0.4 is 11.1 Å². The number of hydrogen-bond donors (Lipinski definition) is 2. The Kier molecular flexibility index (Phi) is 4.71. The van der Waals surface area contributed by atoms with Gasteiger partial charge in [-0.2, -0.15) is 5.26 Å². The van der Waals surface area contributed by atoms with E-state index in [4.69, 9.17) is 22.6 Å². The van der Waals surface area contributed by atoms with Crippen molar-refractivity contribution in [3.05, 3.63) is 28.8 Å². The van der Waals surface area contributed by atoms with Crippen LogP contribution >= 0.6 is 11.6 Å². The number of nitriles is 1. The van der Waals surface area contributed by atoms with E-state index in [1.54, 1.807) is 19.1 Å². The van der Waals surface area contributed by atoms with Crippen molar-refractivity contribution in [2.45, 2.75) is 32.2 Å². The van der Waals surface area contributed by atoms with Gasteiger partial charge < -0.3 is 11.1 Å². The van der Waals surface area contributed by atoms with Crippen LogP contribution in [0.2, 0.25) is 5.02 Å². The maximum atomic E-state index is 12.0. The molecular formula is C13H16ClN3O. The molecule has 18 heavy (non-hydrogen) atoms. The summed E-state index contributed by atoms with van der Waals surface area (Å²) in [6, 6.07) is 6.70. The molecule has 1 unspecified atom stereocenters. The third kappa shape index (κ3) is 3.46.